The fourth-order valence-electron chi connectivity index (χ4n) is 2.56. The number of aryl methyl sites for hydroxylation is 1. The van der Waals surface area contributed by atoms with Crippen LogP contribution in [0, 0.1) is 5.82 Å². The molecule has 21 heavy (non-hydrogen) atoms. The maximum absolute atomic E-state index is 13.5. The highest BCUT2D eigenvalue weighted by molar-refractivity contribution is 9.10. The van der Waals surface area contributed by atoms with Crippen molar-refractivity contribution in [2.45, 2.75) is 13.0 Å². The number of benzene rings is 1. The molecule has 3 rings (SSSR count). The average Bonchev–Trinajstić information content (AvgIpc) is 2.81. The van der Waals surface area contributed by atoms with Crippen molar-refractivity contribution in [3.63, 3.8) is 0 Å². The van der Waals surface area contributed by atoms with Crippen molar-refractivity contribution in [3.8, 4) is 0 Å². The van der Waals surface area contributed by atoms with Gasteiger partial charge < -0.3 is 10.6 Å². The molecule has 0 bridgehead atoms. The Hall–Kier alpha value is -1.89. The number of amides is 1. The van der Waals surface area contributed by atoms with Crippen LogP contribution >= 0.6 is 15.9 Å². The number of nitrogens with two attached hydrogens (primary N) is 1. The molecule has 5 nitrogen and oxygen atoms in total. The zero-order chi connectivity index (χ0) is 15.1. The maximum Gasteiger partial charge on any atom is 0.256 e. The Morgan fingerprint density at radius 3 is 3.00 bits per heavy atom. The van der Waals surface area contributed by atoms with Gasteiger partial charge in [0.1, 0.15) is 5.82 Å². The van der Waals surface area contributed by atoms with E-state index < -0.39 is 5.82 Å². The standard InChI is InChI=1S/C14H14BrFN4O/c1-19-6-8-7-20(3-2-12(8)18-19)14(21)10-4-9(16)5-11(15)13(10)17/h4-6H,2-3,7,17H2,1H3. The highest BCUT2D eigenvalue weighted by Gasteiger charge is 2.25. The SMILES string of the molecule is Cn1cc2c(n1)CCN(C(=O)c1cc(F)cc(Br)c1N)C2. The molecule has 2 heterocycles. The fourth-order valence-corrected chi connectivity index (χ4v) is 2.99. The molecule has 1 aliphatic heterocycles. The number of carbonyl (C=O) groups excluding carboxylic acids is 1. The molecule has 1 aromatic carbocycles. The highest BCUT2D eigenvalue weighted by atomic mass is 79.9. The highest BCUT2D eigenvalue weighted by Crippen LogP contribution is 2.27. The monoisotopic (exact) mass is 352 g/mol. The predicted molar refractivity (Wildman–Crippen MR) is 80.2 cm³/mol. The Morgan fingerprint density at radius 1 is 1.48 bits per heavy atom. The van der Waals surface area contributed by atoms with Crippen LogP contribution in [-0.2, 0) is 20.0 Å². The van der Waals surface area contributed by atoms with Gasteiger partial charge in [-0.15, -0.1) is 0 Å². The summed E-state index contributed by atoms with van der Waals surface area (Å²) in [6.07, 6.45) is 2.60. The third-order valence-electron chi connectivity index (χ3n) is 3.58. The molecule has 2 N–H and O–H groups in total. The van der Waals surface area contributed by atoms with Crippen LogP contribution in [0.15, 0.2) is 22.8 Å². The van der Waals surface area contributed by atoms with E-state index in [9.17, 15) is 9.18 Å². The quantitative estimate of drug-likeness (QED) is 0.799. The molecule has 1 amide bonds. The molecular weight excluding hydrogens is 339 g/mol. The summed E-state index contributed by atoms with van der Waals surface area (Å²) in [5, 5.41) is 4.35. The molecule has 0 saturated carbocycles. The fraction of sp³-hybridized carbons (Fsp3) is 0.286. The third kappa shape index (κ3) is 2.53. The van der Waals surface area contributed by atoms with Crippen molar-refractivity contribution < 1.29 is 9.18 Å². The molecule has 1 aromatic heterocycles. The molecule has 0 atom stereocenters. The normalized spacial score (nSPS) is 14.1. The number of aromatic nitrogens is 2. The summed E-state index contributed by atoms with van der Waals surface area (Å²) in [7, 11) is 1.85. The van der Waals surface area contributed by atoms with Crippen LogP contribution in [-0.4, -0.2) is 27.1 Å². The summed E-state index contributed by atoms with van der Waals surface area (Å²) >= 11 is 3.17. The molecule has 0 fully saturated rings. The van der Waals surface area contributed by atoms with Crippen LogP contribution in [0.5, 0.6) is 0 Å². The first-order chi connectivity index (χ1) is 9.95. The van der Waals surface area contributed by atoms with E-state index in [2.05, 4.69) is 21.0 Å². The Morgan fingerprint density at radius 2 is 2.24 bits per heavy atom. The van der Waals surface area contributed by atoms with E-state index >= 15 is 0 Å². The van der Waals surface area contributed by atoms with Crippen molar-refractivity contribution in [1.82, 2.24) is 14.7 Å². The number of anilines is 1. The molecule has 7 heteroatoms. The van der Waals surface area contributed by atoms with Crippen LogP contribution < -0.4 is 5.73 Å². The van der Waals surface area contributed by atoms with Crippen LogP contribution in [0.25, 0.3) is 0 Å². The average molecular weight is 353 g/mol. The van der Waals surface area contributed by atoms with Crippen molar-refractivity contribution in [1.29, 1.82) is 0 Å². The number of halogens is 2. The van der Waals surface area contributed by atoms with Gasteiger partial charge in [-0.3, -0.25) is 9.48 Å². The van der Waals surface area contributed by atoms with Gasteiger partial charge in [-0.2, -0.15) is 5.10 Å². The number of nitrogen functional groups attached to an aromatic ring is 1. The van der Waals surface area contributed by atoms with Gasteiger partial charge >= 0.3 is 0 Å². The lowest BCUT2D eigenvalue weighted by molar-refractivity contribution is 0.0735. The zero-order valence-corrected chi connectivity index (χ0v) is 13.0. The van der Waals surface area contributed by atoms with Crippen LogP contribution in [0.2, 0.25) is 0 Å². The van der Waals surface area contributed by atoms with Crippen molar-refractivity contribution in [3.05, 3.63) is 45.4 Å². The minimum absolute atomic E-state index is 0.189. The van der Waals surface area contributed by atoms with Crippen molar-refractivity contribution in [2.24, 2.45) is 7.05 Å². The Kier molecular flexibility index (Phi) is 3.44. The van der Waals surface area contributed by atoms with Crippen LogP contribution in [0.1, 0.15) is 21.6 Å². The van der Waals surface area contributed by atoms with E-state index in [1.54, 1.807) is 9.58 Å². The Balaban J connectivity index is 1.90. The van der Waals surface area contributed by atoms with E-state index in [-0.39, 0.29) is 17.2 Å². The molecule has 0 radical (unpaired) electrons. The minimum Gasteiger partial charge on any atom is -0.397 e. The predicted octanol–water partition coefficient (Wildman–Crippen LogP) is 2.10. The topological polar surface area (TPSA) is 64.2 Å². The molecule has 0 aliphatic carbocycles. The maximum atomic E-state index is 13.5. The van der Waals surface area contributed by atoms with Gasteiger partial charge in [0.2, 0.25) is 0 Å². The van der Waals surface area contributed by atoms with E-state index in [1.165, 1.54) is 12.1 Å². The van der Waals surface area contributed by atoms with Gasteiger partial charge in [0.05, 0.1) is 16.9 Å². The van der Waals surface area contributed by atoms with Gasteiger partial charge in [0.15, 0.2) is 0 Å². The first kappa shape index (κ1) is 14.1. The first-order valence-corrected chi connectivity index (χ1v) is 7.30. The summed E-state index contributed by atoms with van der Waals surface area (Å²) in [6.45, 7) is 1.02. The lowest BCUT2D eigenvalue weighted by Crippen LogP contribution is -2.36. The Bertz CT molecular complexity index is 728. The number of rotatable bonds is 1. The van der Waals surface area contributed by atoms with Crippen LogP contribution in [0.4, 0.5) is 10.1 Å². The summed E-state index contributed by atoms with van der Waals surface area (Å²) in [6, 6.07) is 2.43. The molecular formula is C14H14BrFN4O. The summed E-state index contributed by atoms with van der Waals surface area (Å²) in [4.78, 5) is 14.2. The Labute approximate surface area is 129 Å². The van der Waals surface area contributed by atoms with Gasteiger partial charge in [0.25, 0.3) is 5.91 Å². The second-order valence-corrected chi connectivity index (χ2v) is 5.95. The first-order valence-electron chi connectivity index (χ1n) is 6.51. The molecule has 0 saturated heterocycles. The molecule has 0 spiro atoms. The number of fused-ring (bicyclic) bond motifs is 1. The second kappa shape index (κ2) is 5.14. The minimum atomic E-state index is -0.487. The van der Waals surface area contributed by atoms with Gasteiger partial charge in [-0.1, -0.05) is 0 Å². The molecule has 2 aromatic rings. The second-order valence-electron chi connectivity index (χ2n) is 5.10. The van der Waals surface area contributed by atoms with Crippen LogP contribution in [0.3, 0.4) is 0 Å². The van der Waals surface area contributed by atoms with E-state index in [0.29, 0.717) is 24.0 Å². The van der Waals surface area contributed by atoms with Gasteiger partial charge in [0, 0.05) is 42.8 Å². The van der Waals surface area contributed by atoms with Crippen molar-refractivity contribution in [2.75, 3.05) is 12.3 Å². The number of hydrogen-bond donors (Lipinski definition) is 1. The van der Waals surface area contributed by atoms with Crippen molar-refractivity contribution >= 4 is 27.5 Å². The zero-order valence-electron chi connectivity index (χ0n) is 11.4. The van der Waals surface area contributed by atoms with E-state index in [0.717, 1.165) is 11.3 Å². The molecule has 0 unspecified atom stereocenters. The molecule has 1 aliphatic rings. The van der Waals surface area contributed by atoms with Gasteiger partial charge in [-0.25, -0.2) is 4.39 Å². The lowest BCUT2D eigenvalue weighted by Gasteiger charge is -2.27. The lowest BCUT2D eigenvalue weighted by atomic mass is 10.1. The summed E-state index contributed by atoms with van der Waals surface area (Å²) in [5.41, 5.74) is 8.36. The van der Waals surface area contributed by atoms with E-state index in [4.69, 9.17) is 5.73 Å². The summed E-state index contributed by atoms with van der Waals surface area (Å²) in [5.74, 6) is -0.749. The number of carbonyl (C=O) groups is 1. The molecule has 110 valence electrons. The third-order valence-corrected chi connectivity index (χ3v) is 4.24. The number of hydrogen-bond acceptors (Lipinski definition) is 3. The number of nitrogens with zero attached hydrogens (tertiary/aromatic N) is 3. The summed E-state index contributed by atoms with van der Waals surface area (Å²) < 4.78 is 15.6. The van der Waals surface area contributed by atoms with Gasteiger partial charge in [-0.05, 0) is 28.1 Å². The van der Waals surface area contributed by atoms with E-state index in [1.807, 2.05) is 13.2 Å². The smallest absolute Gasteiger partial charge is 0.256 e. The largest absolute Gasteiger partial charge is 0.397 e.